The molecule has 0 spiro atoms. The fraction of sp³-hybridized carbons (Fsp3) is 0.385. The van der Waals surface area contributed by atoms with Gasteiger partial charge in [0, 0.05) is 6.42 Å². The predicted molar refractivity (Wildman–Crippen MR) is 62.9 cm³/mol. The van der Waals surface area contributed by atoms with E-state index in [0.29, 0.717) is 13.0 Å². The van der Waals surface area contributed by atoms with Gasteiger partial charge in [-0.15, -0.1) is 12.3 Å². The van der Waals surface area contributed by atoms with Crippen LogP contribution in [0.25, 0.3) is 0 Å². The van der Waals surface area contributed by atoms with E-state index in [0.717, 1.165) is 12.3 Å². The Morgan fingerprint density at radius 2 is 2.13 bits per heavy atom. The van der Waals surface area contributed by atoms with Crippen LogP contribution in [0.2, 0.25) is 0 Å². The molecule has 0 radical (unpaired) electrons. The highest BCUT2D eigenvalue weighted by molar-refractivity contribution is 5.20. The van der Waals surface area contributed by atoms with Crippen LogP contribution in [-0.2, 0) is 0 Å². The summed E-state index contributed by atoms with van der Waals surface area (Å²) in [5.41, 5.74) is 0. The monoisotopic (exact) mass is 203 g/mol. The smallest absolute Gasteiger partial charge is 0.119 e. The number of hydrogen-bond donors (Lipinski definition) is 1. The fourth-order valence-corrected chi connectivity index (χ4v) is 1.33. The highest BCUT2D eigenvalue weighted by Gasteiger charge is 2.05. The molecule has 1 rings (SSSR count). The molecule has 1 aromatic carbocycles. The zero-order valence-electron chi connectivity index (χ0n) is 9.07. The van der Waals surface area contributed by atoms with Gasteiger partial charge in [-0.25, -0.2) is 0 Å². The normalized spacial score (nSPS) is 11.7. The first-order valence-electron chi connectivity index (χ1n) is 5.21. The molecular formula is C13H17NO. The summed E-state index contributed by atoms with van der Waals surface area (Å²) in [6, 6.07) is 10.0. The Morgan fingerprint density at radius 1 is 1.40 bits per heavy atom. The van der Waals surface area contributed by atoms with E-state index in [-0.39, 0.29) is 6.04 Å². The van der Waals surface area contributed by atoms with Gasteiger partial charge in [-0.3, -0.25) is 0 Å². The average Bonchev–Trinajstić information content (AvgIpc) is 2.28. The molecule has 0 amide bonds. The number of benzene rings is 1. The summed E-state index contributed by atoms with van der Waals surface area (Å²) in [5, 5.41) is 3.29. The average molecular weight is 203 g/mol. The zero-order valence-corrected chi connectivity index (χ0v) is 9.07. The van der Waals surface area contributed by atoms with E-state index in [2.05, 4.69) is 18.2 Å². The van der Waals surface area contributed by atoms with E-state index >= 15 is 0 Å². The molecule has 1 N–H and O–H groups in total. The highest BCUT2D eigenvalue weighted by Crippen LogP contribution is 2.08. The number of ether oxygens (including phenoxy) is 1. The number of hydrogen-bond acceptors (Lipinski definition) is 2. The standard InChI is InChI=1S/C13H17NO/c1-3-8-12(14-4-2)11-15-13-9-6-5-7-10-13/h1,5-7,9-10,12,14H,4,8,11H2,2H3. The summed E-state index contributed by atoms with van der Waals surface area (Å²) in [6.07, 6.45) is 5.98. The van der Waals surface area contributed by atoms with E-state index in [1.165, 1.54) is 0 Å². The van der Waals surface area contributed by atoms with E-state index in [1.54, 1.807) is 0 Å². The summed E-state index contributed by atoms with van der Waals surface area (Å²) in [4.78, 5) is 0. The van der Waals surface area contributed by atoms with Crippen molar-refractivity contribution in [2.75, 3.05) is 13.2 Å². The molecule has 0 aliphatic rings. The van der Waals surface area contributed by atoms with Crippen LogP contribution < -0.4 is 10.1 Å². The quantitative estimate of drug-likeness (QED) is 0.715. The number of para-hydroxylation sites is 1. The van der Waals surface area contributed by atoms with Crippen molar-refractivity contribution in [2.24, 2.45) is 0 Å². The van der Waals surface area contributed by atoms with Crippen LogP contribution >= 0.6 is 0 Å². The number of nitrogens with one attached hydrogen (secondary N) is 1. The van der Waals surface area contributed by atoms with E-state index < -0.39 is 0 Å². The first-order chi connectivity index (χ1) is 7.36. The van der Waals surface area contributed by atoms with Gasteiger partial charge in [-0.1, -0.05) is 25.1 Å². The minimum Gasteiger partial charge on any atom is -0.492 e. The topological polar surface area (TPSA) is 21.3 Å². The van der Waals surface area contributed by atoms with Crippen molar-refractivity contribution in [3.63, 3.8) is 0 Å². The molecule has 0 aromatic heterocycles. The van der Waals surface area contributed by atoms with Crippen molar-refractivity contribution in [3.8, 4) is 18.1 Å². The summed E-state index contributed by atoms with van der Waals surface area (Å²) in [7, 11) is 0. The number of rotatable bonds is 6. The maximum atomic E-state index is 5.62. The highest BCUT2D eigenvalue weighted by atomic mass is 16.5. The third-order valence-corrected chi connectivity index (χ3v) is 2.05. The molecule has 2 heteroatoms. The van der Waals surface area contributed by atoms with Crippen LogP contribution in [0.15, 0.2) is 30.3 Å². The van der Waals surface area contributed by atoms with Gasteiger partial charge in [0.2, 0.25) is 0 Å². The van der Waals surface area contributed by atoms with Crippen LogP contribution in [0.4, 0.5) is 0 Å². The molecular weight excluding hydrogens is 186 g/mol. The van der Waals surface area contributed by atoms with Gasteiger partial charge in [0.25, 0.3) is 0 Å². The van der Waals surface area contributed by atoms with Crippen LogP contribution in [0.1, 0.15) is 13.3 Å². The molecule has 0 saturated heterocycles. The van der Waals surface area contributed by atoms with Gasteiger partial charge in [0.15, 0.2) is 0 Å². The second-order valence-electron chi connectivity index (χ2n) is 3.29. The van der Waals surface area contributed by atoms with Crippen LogP contribution in [0.5, 0.6) is 5.75 Å². The van der Waals surface area contributed by atoms with Gasteiger partial charge in [-0.2, -0.15) is 0 Å². The molecule has 1 aromatic rings. The van der Waals surface area contributed by atoms with E-state index in [4.69, 9.17) is 11.2 Å². The first-order valence-corrected chi connectivity index (χ1v) is 5.21. The molecule has 0 fully saturated rings. The van der Waals surface area contributed by atoms with Crippen molar-refractivity contribution in [1.29, 1.82) is 0 Å². The minimum absolute atomic E-state index is 0.236. The van der Waals surface area contributed by atoms with Crippen molar-refractivity contribution >= 4 is 0 Å². The van der Waals surface area contributed by atoms with Gasteiger partial charge < -0.3 is 10.1 Å². The third kappa shape index (κ3) is 4.53. The van der Waals surface area contributed by atoms with Crippen LogP contribution in [0.3, 0.4) is 0 Å². The molecule has 0 aliphatic carbocycles. The molecule has 2 nitrogen and oxygen atoms in total. The molecule has 0 saturated carbocycles. The molecule has 0 aliphatic heterocycles. The second-order valence-corrected chi connectivity index (χ2v) is 3.29. The number of likely N-dealkylation sites (N-methyl/N-ethyl adjacent to an activating group) is 1. The lowest BCUT2D eigenvalue weighted by atomic mass is 10.2. The first kappa shape index (κ1) is 11.6. The summed E-state index contributed by atoms with van der Waals surface area (Å²) in [5.74, 6) is 3.53. The zero-order chi connectivity index (χ0) is 10.9. The van der Waals surface area contributed by atoms with E-state index in [1.807, 2.05) is 30.3 Å². The fourth-order valence-electron chi connectivity index (χ4n) is 1.33. The lowest BCUT2D eigenvalue weighted by Crippen LogP contribution is -2.34. The number of terminal acetylenes is 1. The van der Waals surface area contributed by atoms with Crippen LogP contribution in [0, 0.1) is 12.3 Å². The van der Waals surface area contributed by atoms with Crippen molar-refractivity contribution in [1.82, 2.24) is 5.32 Å². The maximum absolute atomic E-state index is 5.62. The van der Waals surface area contributed by atoms with Crippen molar-refractivity contribution in [2.45, 2.75) is 19.4 Å². The lowest BCUT2D eigenvalue weighted by Gasteiger charge is -2.15. The molecule has 1 atom stereocenters. The Kier molecular flexibility index (Phi) is 5.35. The van der Waals surface area contributed by atoms with Gasteiger partial charge in [-0.05, 0) is 18.7 Å². The Balaban J connectivity index is 2.37. The maximum Gasteiger partial charge on any atom is 0.119 e. The van der Waals surface area contributed by atoms with Crippen LogP contribution in [-0.4, -0.2) is 19.2 Å². The lowest BCUT2D eigenvalue weighted by molar-refractivity contribution is 0.268. The third-order valence-electron chi connectivity index (χ3n) is 2.05. The van der Waals surface area contributed by atoms with Crippen molar-refractivity contribution in [3.05, 3.63) is 30.3 Å². The second kappa shape index (κ2) is 6.92. The largest absolute Gasteiger partial charge is 0.492 e. The Hall–Kier alpha value is -1.46. The summed E-state index contributed by atoms with van der Waals surface area (Å²) >= 11 is 0. The Bertz CT molecular complexity index is 302. The SMILES string of the molecule is C#CCC(COc1ccccc1)NCC. The minimum atomic E-state index is 0.236. The molecule has 15 heavy (non-hydrogen) atoms. The van der Waals surface area contributed by atoms with Gasteiger partial charge in [0.1, 0.15) is 12.4 Å². The molecule has 80 valence electrons. The van der Waals surface area contributed by atoms with Gasteiger partial charge >= 0.3 is 0 Å². The molecule has 1 unspecified atom stereocenters. The summed E-state index contributed by atoms with van der Waals surface area (Å²) in [6.45, 7) is 3.58. The molecule has 0 heterocycles. The molecule has 0 bridgehead atoms. The van der Waals surface area contributed by atoms with E-state index in [9.17, 15) is 0 Å². The van der Waals surface area contributed by atoms with Gasteiger partial charge in [0.05, 0.1) is 6.04 Å². The van der Waals surface area contributed by atoms with Crippen molar-refractivity contribution < 1.29 is 4.74 Å². The Morgan fingerprint density at radius 3 is 2.73 bits per heavy atom. The summed E-state index contributed by atoms with van der Waals surface area (Å²) < 4.78 is 5.62. The predicted octanol–water partition coefficient (Wildman–Crippen LogP) is 2.07. The Labute approximate surface area is 91.6 Å².